The van der Waals surface area contributed by atoms with Crippen LogP contribution in [0.25, 0.3) is 0 Å². The second-order valence-corrected chi connectivity index (χ2v) is 4.82. The van der Waals surface area contributed by atoms with E-state index in [9.17, 15) is 0 Å². The molecule has 0 fully saturated rings. The first-order valence-electron chi connectivity index (χ1n) is 6.72. The summed E-state index contributed by atoms with van der Waals surface area (Å²) in [4.78, 5) is 2.35. The van der Waals surface area contributed by atoms with Gasteiger partial charge in [0.1, 0.15) is 0 Å². The van der Waals surface area contributed by atoms with Crippen molar-refractivity contribution in [2.24, 2.45) is 0 Å². The van der Waals surface area contributed by atoms with E-state index in [1.165, 1.54) is 11.1 Å². The number of rotatable bonds is 9. The number of methoxy groups -OCH3 is 2. The Morgan fingerprint density at radius 1 is 1.11 bits per heavy atom. The van der Waals surface area contributed by atoms with Crippen molar-refractivity contribution in [1.29, 1.82) is 0 Å². The lowest BCUT2D eigenvalue weighted by Gasteiger charge is -2.23. The van der Waals surface area contributed by atoms with Crippen molar-refractivity contribution in [2.75, 3.05) is 46.3 Å². The zero-order valence-corrected chi connectivity index (χ0v) is 12.3. The van der Waals surface area contributed by atoms with E-state index < -0.39 is 0 Å². The molecular weight excluding hydrogens is 240 g/mol. The Kier molecular flexibility index (Phi) is 7.48. The van der Waals surface area contributed by atoms with Gasteiger partial charge in [-0.05, 0) is 25.0 Å². The maximum Gasteiger partial charge on any atom is 0.0589 e. The van der Waals surface area contributed by atoms with Gasteiger partial charge in [-0.25, -0.2) is 0 Å². The van der Waals surface area contributed by atoms with Crippen LogP contribution in [0.4, 0.5) is 5.69 Å². The topological polar surface area (TPSA) is 47.7 Å². The molecule has 0 unspecified atom stereocenters. The third kappa shape index (κ3) is 6.05. The zero-order valence-electron chi connectivity index (χ0n) is 12.3. The molecule has 0 atom stereocenters. The van der Waals surface area contributed by atoms with E-state index in [4.69, 9.17) is 15.2 Å². The molecule has 0 spiro atoms. The highest BCUT2D eigenvalue weighted by atomic mass is 16.5. The van der Waals surface area contributed by atoms with Gasteiger partial charge in [0.2, 0.25) is 0 Å². The van der Waals surface area contributed by atoms with Crippen LogP contribution in [0, 0.1) is 6.92 Å². The number of hydrogen-bond acceptors (Lipinski definition) is 4. The third-order valence-electron chi connectivity index (χ3n) is 3.13. The number of nitrogen functional groups attached to an aromatic ring is 1. The molecule has 19 heavy (non-hydrogen) atoms. The van der Waals surface area contributed by atoms with Crippen molar-refractivity contribution in [3.8, 4) is 0 Å². The Labute approximate surface area is 116 Å². The van der Waals surface area contributed by atoms with Crippen LogP contribution in [0.1, 0.15) is 17.5 Å². The molecule has 0 aliphatic carbocycles. The van der Waals surface area contributed by atoms with Crippen LogP contribution < -0.4 is 5.73 Å². The predicted molar refractivity (Wildman–Crippen MR) is 79.2 cm³/mol. The van der Waals surface area contributed by atoms with Gasteiger partial charge < -0.3 is 15.2 Å². The minimum atomic E-state index is 0.735. The summed E-state index contributed by atoms with van der Waals surface area (Å²) in [6.07, 6.45) is 1.02. The van der Waals surface area contributed by atoms with E-state index in [0.29, 0.717) is 0 Å². The van der Waals surface area contributed by atoms with Gasteiger partial charge in [0, 0.05) is 46.1 Å². The summed E-state index contributed by atoms with van der Waals surface area (Å²) in [5.41, 5.74) is 9.33. The molecule has 0 aliphatic heterocycles. The fourth-order valence-electron chi connectivity index (χ4n) is 2.04. The van der Waals surface area contributed by atoms with Crippen LogP contribution in [0.3, 0.4) is 0 Å². The fraction of sp³-hybridized carbons (Fsp3) is 0.600. The molecule has 0 amide bonds. The summed E-state index contributed by atoms with van der Waals surface area (Å²) >= 11 is 0. The second kappa shape index (κ2) is 8.91. The Bertz CT molecular complexity index is 369. The first-order valence-corrected chi connectivity index (χ1v) is 6.72. The van der Waals surface area contributed by atoms with Gasteiger partial charge >= 0.3 is 0 Å². The molecular formula is C15H26N2O2. The Hall–Kier alpha value is -1.10. The molecule has 4 nitrogen and oxygen atoms in total. The van der Waals surface area contributed by atoms with Gasteiger partial charge in [0.25, 0.3) is 0 Å². The molecule has 0 bridgehead atoms. The SMILES string of the molecule is COCCCN(CCOC)Cc1cc(C)ccc1N. The fourth-order valence-corrected chi connectivity index (χ4v) is 2.04. The van der Waals surface area contributed by atoms with Gasteiger partial charge in [-0.2, -0.15) is 0 Å². The Morgan fingerprint density at radius 2 is 1.84 bits per heavy atom. The maximum absolute atomic E-state index is 6.04. The lowest BCUT2D eigenvalue weighted by atomic mass is 10.1. The molecule has 108 valence electrons. The molecule has 1 rings (SSSR count). The number of aryl methyl sites for hydroxylation is 1. The largest absolute Gasteiger partial charge is 0.398 e. The molecule has 0 radical (unpaired) electrons. The highest BCUT2D eigenvalue weighted by Gasteiger charge is 2.08. The normalized spacial score (nSPS) is 11.2. The van der Waals surface area contributed by atoms with E-state index in [1.54, 1.807) is 14.2 Å². The summed E-state index contributed by atoms with van der Waals surface area (Å²) < 4.78 is 10.3. The van der Waals surface area contributed by atoms with Crippen LogP contribution in [-0.2, 0) is 16.0 Å². The van der Waals surface area contributed by atoms with E-state index in [1.807, 2.05) is 12.1 Å². The number of nitrogens with zero attached hydrogens (tertiary/aromatic N) is 1. The summed E-state index contributed by atoms with van der Waals surface area (Å²) in [7, 11) is 3.46. The summed E-state index contributed by atoms with van der Waals surface area (Å²) in [5.74, 6) is 0. The molecule has 4 heteroatoms. The average molecular weight is 266 g/mol. The number of anilines is 1. The third-order valence-corrected chi connectivity index (χ3v) is 3.13. The smallest absolute Gasteiger partial charge is 0.0589 e. The number of ether oxygens (including phenoxy) is 2. The van der Waals surface area contributed by atoms with E-state index in [-0.39, 0.29) is 0 Å². The van der Waals surface area contributed by atoms with Crippen LogP contribution >= 0.6 is 0 Å². The van der Waals surface area contributed by atoms with Gasteiger partial charge in [-0.15, -0.1) is 0 Å². The van der Waals surface area contributed by atoms with Crippen LogP contribution in [0.2, 0.25) is 0 Å². The van der Waals surface area contributed by atoms with Crippen molar-refractivity contribution in [2.45, 2.75) is 19.9 Å². The molecule has 0 saturated carbocycles. The second-order valence-electron chi connectivity index (χ2n) is 4.82. The summed E-state index contributed by atoms with van der Waals surface area (Å²) in [6.45, 7) is 6.37. The predicted octanol–water partition coefficient (Wildman–Crippen LogP) is 2.06. The van der Waals surface area contributed by atoms with Gasteiger partial charge in [0.05, 0.1) is 6.61 Å². The summed E-state index contributed by atoms with van der Waals surface area (Å²) in [5, 5.41) is 0. The first kappa shape index (κ1) is 16.0. The van der Waals surface area contributed by atoms with E-state index in [0.717, 1.165) is 45.0 Å². The van der Waals surface area contributed by atoms with Crippen LogP contribution in [-0.4, -0.2) is 45.4 Å². The lowest BCUT2D eigenvalue weighted by molar-refractivity contribution is 0.129. The van der Waals surface area contributed by atoms with Crippen molar-refractivity contribution in [1.82, 2.24) is 4.90 Å². The molecule has 2 N–H and O–H groups in total. The average Bonchev–Trinajstić information content (AvgIpc) is 2.40. The van der Waals surface area contributed by atoms with Crippen molar-refractivity contribution in [3.63, 3.8) is 0 Å². The number of nitrogens with two attached hydrogens (primary N) is 1. The Balaban J connectivity index is 2.61. The first-order chi connectivity index (χ1) is 9.17. The highest BCUT2D eigenvalue weighted by molar-refractivity contribution is 5.48. The lowest BCUT2D eigenvalue weighted by Crippen LogP contribution is -2.29. The Morgan fingerprint density at radius 3 is 2.53 bits per heavy atom. The van der Waals surface area contributed by atoms with Crippen molar-refractivity contribution in [3.05, 3.63) is 29.3 Å². The zero-order chi connectivity index (χ0) is 14.1. The quantitative estimate of drug-likeness (QED) is 0.549. The van der Waals surface area contributed by atoms with Crippen LogP contribution in [0.5, 0.6) is 0 Å². The standard InChI is InChI=1S/C15H26N2O2/c1-13-5-6-15(16)14(11-13)12-17(8-10-19-3)7-4-9-18-2/h5-6,11H,4,7-10,12,16H2,1-3H3. The minimum Gasteiger partial charge on any atom is -0.398 e. The molecule has 1 aromatic rings. The van der Waals surface area contributed by atoms with Gasteiger partial charge in [-0.3, -0.25) is 4.90 Å². The number of benzene rings is 1. The number of hydrogen-bond donors (Lipinski definition) is 1. The molecule has 0 aliphatic rings. The monoisotopic (exact) mass is 266 g/mol. The molecule has 0 aromatic heterocycles. The van der Waals surface area contributed by atoms with E-state index in [2.05, 4.69) is 17.9 Å². The summed E-state index contributed by atoms with van der Waals surface area (Å²) in [6, 6.07) is 6.18. The van der Waals surface area contributed by atoms with E-state index >= 15 is 0 Å². The van der Waals surface area contributed by atoms with Gasteiger partial charge in [0.15, 0.2) is 0 Å². The molecule has 0 saturated heterocycles. The van der Waals surface area contributed by atoms with Crippen molar-refractivity contribution >= 4 is 5.69 Å². The minimum absolute atomic E-state index is 0.735. The van der Waals surface area contributed by atoms with Crippen LogP contribution in [0.15, 0.2) is 18.2 Å². The molecule has 1 aromatic carbocycles. The molecule has 0 heterocycles. The van der Waals surface area contributed by atoms with Crippen molar-refractivity contribution < 1.29 is 9.47 Å². The maximum atomic E-state index is 6.04. The highest BCUT2D eigenvalue weighted by Crippen LogP contribution is 2.16. The van der Waals surface area contributed by atoms with Gasteiger partial charge in [-0.1, -0.05) is 17.7 Å².